The first kappa shape index (κ1) is 17.8. The van der Waals surface area contributed by atoms with Gasteiger partial charge in [0.05, 0.1) is 6.04 Å². The molecule has 1 aromatic heterocycles. The Morgan fingerprint density at radius 3 is 2.87 bits per heavy atom. The number of hydrogen-bond donors (Lipinski definition) is 1. The Kier molecular flexibility index (Phi) is 6.04. The smallest absolute Gasteiger partial charge is 0.407 e. The maximum atomic E-state index is 12.4. The molecule has 2 amide bonds. The predicted molar refractivity (Wildman–Crippen MR) is 91.5 cm³/mol. The first-order chi connectivity index (χ1) is 10.9. The normalized spacial score (nSPS) is 18.0. The van der Waals surface area contributed by atoms with Gasteiger partial charge in [-0.3, -0.25) is 4.79 Å². The van der Waals surface area contributed by atoms with Crippen LogP contribution in [0.25, 0.3) is 0 Å². The van der Waals surface area contributed by atoms with Gasteiger partial charge in [-0.15, -0.1) is 11.3 Å². The van der Waals surface area contributed by atoms with Gasteiger partial charge in [-0.2, -0.15) is 0 Å². The van der Waals surface area contributed by atoms with Crippen LogP contribution in [0.4, 0.5) is 4.79 Å². The molecular weight excluding hydrogens is 312 g/mol. The van der Waals surface area contributed by atoms with Gasteiger partial charge in [-0.25, -0.2) is 4.79 Å². The van der Waals surface area contributed by atoms with E-state index in [0.717, 1.165) is 19.4 Å². The molecule has 1 unspecified atom stereocenters. The Morgan fingerprint density at radius 2 is 2.22 bits per heavy atom. The lowest BCUT2D eigenvalue weighted by molar-refractivity contribution is -0.132. The van der Waals surface area contributed by atoms with Crippen molar-refractivity contribution < 1.29 is 14.3 Å². The van der Waals surface area contributed by atoms with Crippen LogP contribution in [-0.2, 0) is 9.53 Å². The van der Waals surface area contributed by atoms with Crippen molar-refractivity contribution in [3.63, 3.8) is 0 Å². The Labute approximate surface area is 142 Å². The first-order valence-corrected chi connectivity index (χ1v) is 9.04. The molecule has 0 bridgehead atoms. The quantitative estimate of drug-likeness (QED) is 0.833. The zero-order valence-corrected chi connectivity index (χ0v) is 14.9. The summed E-state index contributed by atoms with van der Waals surface area (Å²) in [5.74, 6) is 0.173. The van der Waals surface area contributed by atoms with Crippen molar-refractivity contribution in [1.29, 1.82) is 0 Å². The van der Waals surface area contributed by atoms with E-state index in [4.69, 9.17) is 4.74 Å². The number of carbonyl (C=O) groups excluding carboxylic acids is 2. The van der Waals surface area contributed by atoms with E-state index in [-0.39, 0.29) is 11.9 Å². The Hall–Kier alpha value is -1.56. The minimum atomic E-state index is -0.497. The van der Waals surface area contributed by atoms with Crippen LogP contribution in [0.1, 0.15) is 57.4 Å². The van der Waals surface area contributed by atoms with E-state index in [0.29, 0.717) is 19.4 Å². The lowest BCUT2D eigenvalue weighted by Crippen LogP contribution is -2.34. The molecule has 1 aliphatic heterocycles. The van der Waals surface area contributed by atoms with Gasteiger partial charge in [-0.1, -0.05) is 6.07 Å². The summed E-state index contributed by atoms with van der Waals surface area (Å²) in [6.07, 6.45) is 2.76. The second kappa shape index (κ2) is 7.81. The molecule has 1 aromatic rings. The van der Waals surface area contributed by atoms with Crippen LogP contribution in [0.5, 0.6) is 0 Å². The van der Waals surface area contributed by atoms with Crippen LogP contribution in [0.2, 0.25) is 0 Å². The molecule has 1 N–H and O–H groups in total. The summed E-state index contributed by atoms with van der Waals surface area (Å²) in [5.41, 5.74) is -0.497. The van der Waals surface area contributed by atoms with E-state index in [2.05, 4.69) is 16.8 Å². The van der Waals surface area contributed by atoms with Gasteiger partial charge < -0.3 is 15.0 Å². The molecule has 2 heterocycles. The Balaban J connectivity index is 1.71. The fourth-order valence-electron chi connectivity index (χ4n) is 2.73. The second-order valence-electron chi connectivity index (χ2n) is 6.79. The molecule has 0 saturated carbocycles. The number of thiophene rings is 1. The van der Waals surface area contributed by atoms with Gasteiger partial charge in [0, 0.05) is 24.4 Å². The molecule has 2 rings (SSSR count). The third kappa shape index (κ3) is 5.53. The van der Waals surface area contributed by atoms with Gasteiger partial charge in [0.1, 0.15) is 5.60 Å². The molecule has 1 saturated heterocycles. The average molecular weight is 338 g/mol. The zero-order valence-electron chi connectivity index (χ0n) is 14.1. The van der Waals surface area contributed by atoms with Gasteiger partial charge in [0.25, 0.3) is 0 Å². The molecular formula is C17H26N2O3S. The molecule has 0 aromatic carbocycles. The van der Waals surface area contributed by atoms with Gasteiger partial charge >= 0.3 is 6.09 Å². The third-order valence-electron chi connectivity index (χ3n) is 3.68. The van der Waals surface area contributed by atoms with Crippen LogP contribution in [0, 0.1) is 0 Å². The molecule has 1 atom stereocenters. The first-order valence-electron chi connectivity index (χ1n) is 8.16. The number of likely N-dealkylation sites (tertiary alicyclic amines) is 1. The van der Waals surface area contributed by atoms with Crippen LogP contribution in [-0.4, -0.2) is 35.6 Å². The summed E-state index contributed by atoms with van der Waals surface area (Å²) in [7, 11) is 0. The Morgan fingerprint density at radius 1 is 1.43 bits per heavy atom. The van der Waals surface area contributed by atoms with Gasteiger partial charge in [0.2, 0.25) is 5.91 Å². The molecule has 1 fully saturated rings. The van der Waals surface area contributed by atoms with Crippen molar-refractivity contribution >= 4 is 23.3 Å². The molecule has 1 aliphatic rings. The van der Waals surface area contributed by atoms with E-state index >= 15 is 0 Å². The number of alkyl carbamates (subject to hydrolysis) is 1. The summed E-state index contributed by atoms with van der Waals surface area (Å²) in [6.45, 7) is 6.77. The summed E-state index contributed by atoms with van der Waals surface area (Å²) in [4.78, 5) is 27.2. The maximum absolute atomic E-state index is 12.4. The fourth-order valence-corrected chi connectivity index (χ4v) is 3.60. The number of amides is 2. The number of ether oxygens (including phenoxy) is 1. The molecule has 23 heavy (non-hydrogen) atoms. The lowest BCUT2D eigenvalue weighted by atomic mass is 10.1. The van der Waals surface area contributed by atoms with E-state index in [1.807, 2.05) is 31.7 Å². The van der Waals surface area contributed by atoms with E-state index in [9.17, 15) is 9.59 Å². The minimum absolute atomic E-state index is 0.173. The molecule has 0 radical (unpaired) electrons. The topological polar surface area (TPSA) is 58.6 Å². The van der Waals surface area contributed by atoms with Crippen LogP contribution < -0.4 is 5.32 Å². The number of nitrogens with zero attached hydrogens (tertiary/aromatic N) is 1. The van der Waals surface area contributed by atoms with Crippen molar-refractivity contribution in [2.24, 2.45) is 0 Å². The SMILES string of the molecule is CC(C)(C)OC(=O)NCCCC(=O)N1CCCC1c1cccs1. The lowest BCUT2D eigenvalue weighted by Gasteiger charge is -2.24. The molecule has 0 spiro atoms. The summed E-state index contributed by atoms with van der Waals surface area (Å²) < 4.78 is 5.17. The standard InChI is InChI=1S/C17H26N2O3S/c1-17(2,3)22-16(21)18-10-4-9-15(20)19-11-5-7-13(19)14-8-6-12-23-14/h6,8,12-13H,4-5,7,9-11H2,1-3H3,(H,18,21). The van der Waals surface area contributed by atoms with Crippen molar-refractivity contribution in [3.8, 4) is 0 Å². The second-order valence-corrected chi connectivity index (χ2v) is 7.77. The van der Waals surface area contributed by atoms with Gasteiger partial charge in [0.15, 0.2) is 0 Å². The monoisotopic (exact) mass is 338 g/mol. The molecule has 128 valence electrons. The van der Waals surface area contributed by atoms with Crippen LogP contribution in [0.3, 0.4) is 0 Å². The highest BCUT2D eigenvalue weighted by Gasteiger charge is 2.30. The van der Waals surface area contributed by atoms with E-state index in [1.165, 1.54) is 4.88 Å². The van der Waals surface area contributed by atoms with E-state index in [1.54, 1.807) is 11.3 Å². The van der Waals surface area contributed by atoms with E-state index < -0.39 is 11.7 Å². The molecule has 6 heteroatoms. The highest BCUT2D eigenvalue weighted by Crippen LogP contribution is 2.34. The predicted octanol–water partition coefficient (Wildman–Crippen LogP) is 3.72. The fraction of sp³-hybridized carbons (Fsp3) is 0.647. The number of nitrogens with one attached hydrogen (secondary N) is 1. The van der Waals surface area contributed by atoms with Crippen molar-refractivity contribution in [3.05, 3.63) is 22.4 Å². The zero-order chi connectivity index (χ0) is 16.9. The average Bonchev–Trinajstić information content (AvgIpc) is 3.10. The summed E-state index contributed by atoms with van der Waals surface area (Å²) in [5, 5.41) is 4.75. The van der Waals surface area contributed by atoms with Crippen LogP contribution >= 0.6 is 11.3 Å². The Bertz CT molecular complexity index is 522. The number of rotatable bonds is 5. The van der Waals surface area contributed by atoms with Crippen molar-refractivity contribution in [1.82, 2.24) is 10.2 Å². The van der Waals surface area contributed by atoms with Crippen molar-refractivity contribution in [2.45, 2.75) is 58.1 Å². The van der Waals surface area contributed by atoms with Crippen molar-refractivity contribution in [2.75, 3.05) is 13.1 Å². The molecule has 5 nitrogen and oxygen atoms in total. The molecule has 0 aliphatic carbocycles. The highest BCUT2D eigenvalue weighted by atomic mass is 32.1. The van der Waals surface area contributed by atoms with Crippen LogP contribution in [0.15, 0.2) is 17.5 Å². The third-order valence-corrected chi connectivity index (χ3v) is 4.65. The largest absolute Gasteiger partial charge is 0.444 e. The minimum Gasteiger partial charge on any atom is -0.444 e. The number of carbonyl (C=O) groups is 2. The highest BCUT2D eigenvalue weighted by molar-refractivity contribution is 7.10. The number of hydrogen-bond acceptors (Lipinski definition) is 4. The summed E-state index contributed by atoms with van der Waals surface area (Å²) in [6, 6.07) is 4.37. The maximum Gasteiger partial charge on any atom is 0.407 e. The van der Waals surface area contributed by atoms with Gasteiger partial charge in [-0.05, 0) is 51.5 Å². The summed E-state index contributed by atoms with van der Waals surface area (Å²) >= 11 is 1.71.